The molecule has 2 aromatic carbocycles. The molecule has 1 amide bonds. The van der Waals surface area contributed by atoms with Crippen LogP contribution in [0.5, 0.6) is 0 Å². The normalized spacial score (nSPS) is 14.1. The molecule has 4 rings (SSSR count). The first-order valence-electron chi connectivity index (χ1n) is 10.9. The maximum Gasteiger partial charge on any atom is 0.234 e. The fourth-order valence-corrected chi connectivity index (χ4v) is 4.78. The summed E-state index contributed by atoms with van der Waals surface area (Å²) < 4.78 is 2.11. The van der Waals surface area contributed by atoms with E-state index in [1.165, 1.54) is 31.0 Å². The quantitative estimate of drug-likeness (QED) is 0.475. The lowest BCUT2D eigenvalue weighted by Crippen LogP contribution is -2.30. The molecule has 0 radical (unpaired) electrons. The van der Waals surface area contributed by atoms with Crippen LogP contribution in [-0.4, -0.2) is 44.4 Å². The second kappa shape index (κ2) is 11.3. The summed E-state index contributed by atoms with van der Waals surface area (Å²) in [6, 6.07) is 17.1. The van der Waals surface area contributed by atoms with Crippen LogP contribution in [0.15, 0.2) is 53.7 Å². The number of benzene rings is 2. The van der Waals surface area contributed by atoms with E-state index < -0.39 is 0 Å². The van der Waals surface area contributed by atoms with Gasteiger partial charge in [-0.05, 0) is 49.7 Å². The largest absolute Gasteiger partial charge is 0.325 e. The Hall–Kier alpha value is -2.86. The SMILES string of the molecule is N#Cc1ccc(NC(=O)CSc2nnc(CN3CCCCC3)n2Cc2ccccc2)cc1Cl. The zero-order chi connectivity index (χ0) is 23.0. The average molecular weight is 481 g/mol. The molecular weight excluding hydrogens is 456 g/mol. The first-order chi connectivity index (χ1) is 16.1. The molecule has 0 atom stereocenters. The molecule has 3 aromatic rings. The summed E-state index contributed by atoms with van der Waals surface area (Å²) in [7, 11) is 0. The van der Waals surface area contributed by atoms with Gasteiger partial charge in [0.15, 0.2) is 5.16 Å². The van der Waals surface area contributed by atoms with Crippen LogP contribution in [0, 0.1) is 11.3 Å². The summed E-state index contributed by atoms with van der Waals surface area (Å²) in [5.41, 5.74) is 2.09. The standard InChI is InChI=1S/C24H25ClN6OS/c25-21-13-20(10-9-19(21)14-26)27-23(32)17-33-24-29-28-22(16-30-11-5-2-6-12-30)31(24)15-18-7-3-1-4-8-18/h1,3-4,7-10,13H,2,5-6,11-12,15-17H2,(H,27,32). The van der Waals surface area contributed by atoms with E-state index in [4.69, 9.17) is 16.9 Å². The number of piperidine rings is 1. The third-order valence-electron chi connectivity index (χ3n) is 5.50. The van der Waals surface area contributed by atoms with Gasteiger partial charge in [-0.1, -0.05) is 60.1 Å². The Bertz CT molecular complexity index is 1140. The molecular formula is C24H25ClN6OS. The summed E-state index contributed by atoms with van der Waals surface area (Å²) in [6.07, 6.45) is 3.72. The van der Waals surface area contributed by atoms with Crippen LogP contribution in [0.3, 0.4) is 0 Å². The van der Waals surface area contributed by atoms with Gasteiger partial charge >= 0.3 is 0 Å². The van der Waals surface area contributed by atoms with Crippen LogP contribution in [-0.2, 0) is 17.9 Å². The first kappa shape index (κ1) is 23.3. The Labute approximate surface area is 202 Å². The number of nitriles is 1. The molecule has 0 aliphatic carbocycles. The number of anilines is 1. The average Bonchev–Trinajstić information content (AvgIpc) is 3.20. The van der Waals surface area contributed by atoms with Crippen molar-refractivity contribution >= 4 is 35.0 Å². The van der Waals surface area contributed by atoms with Crippen molar-refractivity contribution in [2.75, 3.05) is 24.2 Å². The molecule has 0 unspecified atom stereocenters. The van der Waals surface area contributed by atoms with Gasteiger partial charge in [-0.15, -0.1) is 10.2 Å². The highest BCUT2D eigenvalue weighted by molar-refractivity contribution is 7.99. The van der Waals surface area contributed by atoms with Crippen LogP contribution in [0.25, 0.3) is 0 Å². The topological polar surface area (TPSA) is 86.8 Å². The molecule has 7 nitrogen and oxygen atoms in total. The van der Waals surface area contributed by atoms with Crippen molar-refractivity contribution in [1.29, 1.82) is 5.26 Å². The number of aromatic nitrogens is 3. The van der Waals surface area contributed by atoms with Gasteiger partial charge < -0.3 is 9.88 Å². The molecule has 1 aliphatic rings. The minimum Gasteiger partial charge on any atom is -0.325 e. The summed E-state index contributed by atoms with van der Waals surface area (Å²) in [4.78, 5) is 15.0. The van der Waals surface area contributed by atoms with Crippen LogP contribution in [0.4, 0.5) is 5.69 Å². The van der Waals surface area contributed by atoms with E-state index in [0.717, 1.165) is 36.2 Å². The number of nitrogens with one attached hydrogen (secondary N) is 1. The molecule has 9 heteroatoms. The minimum absolute atomic E-state index is 0.174. The number of amides is 1. The maximum absolute atomic E-state index is 12.5. The number of halogens is 1. The van der Waals surface area contributed by atoms with Crippen molar-refractivity contribution in [3.05, 3.63) is 70.5 Å². The van der Waals surface area contributed by atoms with Gasteiger partial charge in [-0.3, -0.25) is 9.69 Å². The first-order valence-corrected chi connectivity index (χ1v) is 12.3. The molecule has 1 N–H and O–H groups in total. The summed E-state index contributed by atoms with van der Waals surface area (Å²) in [5, 5.41) is 21.7. The Morgan fingerprint density at radius 3 is 2.61 bits per heavy atom. The van der Waals surface area contributed by atoms with Crippen molar-refractivity contribution in [2.45, 2.75) is 37.5 Å². The highest BCUT2D eigenvalue weighted by Gasteiger charge is 2.19. The van der Waals surface area contributed by atoms with E-state index in [1.54, 1.807) is 18.2 Å². The fourth-order valence-electron chi connectivity index (χ4n) is 3.80. The number of nitrogens with zero attached hydrogens (tertiary/aromatic N) is 5. The number of carbonyl (C=O) groups is 1. The fraction of sp³-hybridized carbons (Fsp3) is 0.333. The highest BCUT2D eigenvalue weighted by Crippen LogP contribution is 2.23. The van der Waals surface area contributed by atoms with Crippen molar-refractivity contribution in [3.8, 4) is 6.07 Å². The molecule has 0 bridgehead atoms. The number of carbonyl (C=O) groups excluding carboxylic acids is 1. The molecule has 1 fully saturated rings. The second-order valence-corrected chi connectivity index (χ2v) is 9.30. The van der Waals surface area contributed by atoms with Gasteiger partial charge in [0.25, 0.3) is 0 Å². The van der Waals surface area contributed by atoms with Gasteiger partial charge in [0.05, 0.1) is 29.4 Å². The molecule has 1 saturated heterocycles. The Balaban J connectivity index is 1.45. The minimum atomic E-state index is -0.174. The third kappa shape index (κ3) is 6.35. The number of thioether (sulfide) groups is 1. The summed E-state index contributed by atoms with van der Waals surface area (Å²) >= 11 is 7.42. The lowest BCUT2D eigenvalue weighted by molar-refractivity contribution is -0.113. The predicted octanol–water partition coefficient (Wildman–Crippen LogP) is 4.57. The molecule has 1 aromatic heterocycles. The van der Waals surface area contributed by atoms with E-state index in [-0.39, 0.29) is 11.7 Å². The van der Waals surface area contributed by atoms with Crippen LogP contribution in [0.2, 0.25) is 5.02 Å². The highest BCUT2D eigenvalue weighted by atomic mass is 35.5. The van der Waals surface area contributed by atoms with Crippen molar-refractivity contribution in [1.82, 2.24) is 19.7 Å². The monoisotopic (exact) mass is 480 g/mol. The zero-order valence-electron chi connectivity index (χ0n) is 18.2. The van der Waals surface area contributed by atoms with E-state index in [9.17, 15) is 4.79 Å². The molecule has 0 saturated carbocycles. The van der Waals surface area contributed by atoms with E-state index >= 15 is 0 Å². The molecule has 170 valence electrons. The van der Waals surface area contributed by atoms with Crippen LogP contribution >= 0.6 is 23.4 Å². The van der Waals surface area contributed by atoms with Crippen LogP contribution in [0.1, 0.15) is 36.2 Å². The van der Waals surface area contributed by atoms with Crippen molar-refractivity contribution in [2.24, 2.45) is 0 Å². The predicted molar refractivity (Wildman–Crippen MR) is 130 cm³/mol. The second-order valence-electron chi connectivity index (χ2n) is 7.95. The van der Waals surface area contributed by atoms with Gasteiger partial charge in [0.2, 0.25) is 5.91 Å². The Kier molecular flexibility index (Phi) is 8.00. The number of hydrogen-bond donors (Lipinski definition) is 1. The van der Waals surface area contributed by atoms with E-state index in [0.29, 0.717) is 22.8 Å². The molecule has 0 spiro atoms. The smallest absolute Gasteiger partial charge is 0.234 e. The van der Waals surface area contributed by atoms with Gasteiger partial charge in [0, 0.05) is 5.69 Å². The zero-order valence-corrected chi connectivity index (χ0v) is 19.8. The van der Waals surface area contributed by atoms with Gasteiger partial charge in [0.1, 0.15) is 11.9 Å². The number of hydrogen-bond acceptors (Lipinski definition) is 6. The summed E-state index contributed by atoms with van der Waals surface area (Å²) in [6.45, 7) is 3.58. The third-order valence-corrected chi connectivity index (χ3v) is 6.78. The summed E-state index contributed by atoms with van der Waals surface area (Å²) in [5.74, 6) is 0.934. The lowest BCUT2D eigenvalue weighted by atomic mass is 10.1. The number of likely N-dealkylation sites (tertiary alicyclic amines) is 1. The Morgan fingerprint density at radius 1 is 1.09 bits per heavy atom. The Morgan fingerprint density at radius 2 is 1.88 bits per heavy atom. The van der Waals surface area contributed by atoms with Crippen LogP contribution < -0.4 is 5.32 Å². The van der Waals surface area contributed by atoms with E-state index in [1.807, 2.05) is 24.3 Å². The van der Waals surface area contributed by atoms with Gasteiger partial charge in [-0.2, -0.15) is 5.26 Å². The van der Waals surface area contributed by atoms with E-state index in [2.05, 4.69) is 37.1 Å². The molecule has 33 heavy (non-hydrogen) atoms. The molecule has 1 aliphatic heterocycles. The molecule has 2 heterocycles. The van der Waals surface area contributed by atoms with Gasteiger partial charge in [-0.25, -0.2) is 0 Å². The maximum atomic E-state index is 12.5. The lowest BCUT2D eigenvalue weighted by Gasteiger charge is -2.26. The van der Waals surface area contributed by atoms with Crippen molar-refractivity contribution < 1.29 is 4.79 Å². The number of rotatable bonds is 8. The van der Waals surface area contributed by atoms with Crippen molar-refractivity contribution in [3.63, 3.8) is 0 Å².